The lowest BCUT2D eigenvalue weighted by atomic mass is 10.1. The van der Waals surface area contributed by atoms with Gasteiger partial charge in [0, 0.05) is 0 Å². The lowest BCUT2D eigenvalue weighted by molar-refractivity contribution is -0.121. The molecule has 0 saturated carbocycles. The number of carbonyl (C=O) groups is 1. The van der Waals surface area contributed by atoms with Gasteiger partial charge in [0.15, 0.2) is 9.84 Å². The molecule has 1 N–H and O–H groups in total. The Balaban J connectivity index is 1.77. The molecule has 0 spiro atoms. The third-order valence-electron chi connectivity index (χ3n) is 4.43. The van der Waals surface area contributed by atoms with Gasteiger partial charge >= 0.3 is 0 Å². The van der Waals surface area contributed by atoms with Gasteiger partial charge < -0.3 is 5.32 Å². The third-order valence-corrected chi connectivity index (χ3v) is 6.50. The molecule has 0 aliphatic heterocycles. The maximum absolute atomic E-state index is 13.0. The Morgan fingerprint density at radius 1 is 1.17 bits per heavy atom. The third kappa shape index (κ3) is 3.06. The second-order valence-electron chi connectivity index (χ2n) is 5.94. The highest BCUT2D eigenvalue weighted by Gasteiger charge is 2.32. The van der Waals surface area contributed by atoms with E-state index in [0.717, 1.165) is 30.5 Å². The van der Waals surface area contributed by atoms with E-state index in [2.05, 4.69) is 5.32 Å². The summed E-state index contributed by atoms with van der Waals surface area (Å²) >= 11 is 0. The average molecular weight is 347 g/mol. The Kier molecular flexibility index (Phi) is 4.41. The van der Waals surface area contributed by atoms with Gasteiger partial charge in [-0.05, 0) is 55.2 Å². The van der Waals surface area contributed by atoms with Crippen LogP contribution in [-0.2, 0) is 21.1 Å². The van der Waals surface area contributed by atoms with Gasteiger partial charge in [-0.3, -0.25) is 4.79 Å². The van der Waals surface area contributed by atoms with Gasteiger partial charge in [0.05, 0.1) is 10.9 Å². The average Bonchev–Trinajstić information content (AvgIpc) is 2.97. The molecule has 1 aliphatic carbocycles. The van der Waals surface area contributed by atoms with Crippen molar-refractivity contribution >= 4 is 15.7 Å². The number of carbonyl (C=O) groups excluding carboxylic acids is 1. The maximum atomic E-state index is 13.0. The van der Waals surface area contributed by atoms with Crippen molar-refractivity contribution in [3.63, 3.8) is 0 Å². The molecular formula is C18H18FNO3S. The summed E-state index contributed by atoms with van der Waals surface area (Å²) < 4.78 is 38.0. The number of halogens is 1. The summed E-state index contributed by atoms with van der Waals surface area (Å²) in [6.07, 6.45) is 1.62. The predicted octanol–water partition coefficient (Wildman–Crippen LogP) is 2.79. The van der Waals surface area contributed by atoms with Crippen LogP contribution in [0.2, 0.25) is 0 Å². The molecule has 126 valence electrons. The first kappa shape index (κ1) is 16.6. The van der Waals surface area contributed by atoms with Gasteiger partial charge in [-0.25, -0.2) is 12.8 Å². The number of rotatable bonds is 4. The highest BCUT2D eigenvalue weighted by Crippen LogP contribution is 2.31. The topological polar surface area (TPSA) is 63.2 Å². The number of amides is 1. The van der Waals surface area contributed by atoms with Gasteiger partial charge in [0.2, 0.25) is 5.91 Å². The Bertz CT molecular complexity index is 862. The van der Waals surface area contributed by atoms with E-state index < -0.39 is 26.8 Å². The van der Waals surface area contributed by atoms with Crippen LogP contribution in [0.5, 0.6) is 0 Å². The van der Waals surface area contributed by atoms with E-state index in [1.165, 1.54) is 24.6 Å². The summed E-state index contributed by atoms with van der Waals surface area (Å²) in [5, 5.41) is 1.59. The molecule has 2 atom stereocenters. The van der Waals surface area contributed by atoms with Gasteiger partial charge in [-0.1, -0.05) is 24.3 Å². The predicted molar refractivity (Wildman–Crippen MR) is 88.7 cm³/mol. The van der Waals surface area contributed by atoms with Crippen molar-refractivity contribution in [2.45, 2.75) is 36.0 Å². The fourth-order valence-corrected chi connectivity index (χ4v) is 4.24. The van der Waals surface area contributed by atoms with Gasteiger partial charge in [-0.15, -0.1) is 0 Å². The summed E-state index contributed by atoms with van der Waals surface area (Å²) in [7, 11) is -3.85. The summed E-state index contributed by atoms with van der Waals surface area (Å²) in [5.74, 6) is -1.06. The minimum Gasteiger partial charge on any atom is -0.348 e. The molecule has 0 bridgehead atoms. The molecule has 1 amide bonds. The Hall–Kier alpha value is -2.21. The van der Waals surface area contributed by atoms with E-state index in [4.69, 9.17) is 0 Å². The maximum Gasteiger partial charge on any atom is 0.238 e. The molecule has 4 nitrogen and oxygen atoms in total. The fourth-order valence-electron chi connectivity index (χ4n) is 2.97. The zero-order valence-electron chi connectivity index (χ0n) is 13.2. The molecule has 0 aromatic heterocycles. The van der Waals surface area contributed by atoms with Gasteiger partial charge in [0.1, 0.15) is 11.1 Å². The summed E-state index contributed by atoms with van der Waals surface area (Å²) in [6.45, 7) is 1.36. The molecule has 1 aliphatic rings. The number of benzene rings is 2. The molecule has 0 fully saturated rings. The van der Waals surface area contributed by atoms with Crippen LogP contribution >= 0.6 is 0 Å². The van der Waals surface area contributed by atoms with Crippen LogP contribution in [0.15, 0.2) is 53.4 Å². The van der Waals surface area contributed by atoms with E-state index in [-0.39, 0.29) is 10.9 Å². The van der Waals surface area contributed by atoms with Crippen LogP contribution < -0.4 is 5.32 Å². The molecule has 0 saturated heterocycles. The van der Waals surface area contributed by atoms with E-state index >= 15 is 0 Å². The molecule has 0 radical (unpaired) electrons. The number of hydrogen-bond acceptors (Lipinski definition) is 3. The van der Waals surface area contributed by atoms with Crippen LogP contribution in [0.25, 0.3) is 0 Å². The SMILES string of the molecule is C[C@H](C(=O)N[C@@H]1CCc2ccccc21)S(=O)(=O)c1ccc(F)cc1. The second-order valence-corrected chi connectivity index (χ2v) is 8.21. The minimum absolute atomic E-state index is 0.0571. The van der Waals surface area contributed by atoms with Gasteiger partial charge in [-0.2, -0.15) is 0 Å². The molecule has 3 rings (SSSR count). The standard InChI is InChI=1S/C18H18FNO3S/c1-12(24(22,23)15-9-7-14(19)8-10-15)18(21)20-17-11-6-13-4-2-3-5-16(13)17/h2-5,7-10,12,17H,6,11H2,1H3,(H,20,21)/t12-,17-/m1/s1. The number of nitrogens with one attached hydrogen (secondary N) is 1. The second kappa shape index (κ2) is 6.36. The zero-order valence-corrected chi connectivity index (χ0v) is 14.0. The summed E-state index contributed by atoms with van der Waals surface area (Å²) in [5.41, 5.74) is 2.22. The number of hydrogen-bond donors (Lipinski definition) is 1. The Labute approximate surface area is 140 Å². The molecule has 6 heteroatoms. The Morgan fingerprint density at radius 3 is 2.54 bits per heavy atom. The quantitative estimate of drug-likeness (QED) is 0.865. The first-order valence-electron chi connectivity index (χ1n) is 7.77. The van der Waals surface area contributed by atoms with E-state index in [0.29, 0.717) is 0 Å². The highest BCUT2D eigenvalue weighted by atomic mass is 32.2. The van der Waals surface area contributed by atoms with E-state index in [1.807, 2.05) is 24.3 Å². The molecular weight excluding hydrogens is 329 g/mol. The molecule has 0 heterocycles. The monoisotopic (exact) mass is 347 g/mol. The van der Waals surface area contributed by atoms with Crippen LogP contribution in [0.1, 0.15) is 30.5 Å². The molecule has 0 unspecified atom stereocenters. The van der Waals surface area contributed by atoms with Crippen LogP contribution in [0, 0.1) is 5.82 Å². The summed E-state index contributed by atoms with van der Waals surface area (Å²) in [6, 6.07) is 12.2. The largest absolute Gasteiger partial charge is 0.348 e. The van der Waals surface area contributed by atoms with Crippen LogP contribution in [0.4, 0.5) is 4.39 Å². The van der Waals surface area contributed by atoms with E-state index in [1.54, 1.807) is 0 Å². The number of aryl methyl sites for hydroxylation is 1. The zero-order chi connectivity index (χ0) is 17.3. The number of sulfone groups is 1. The fraction of sp³-hybridized carbons (Fsp3) is 0.278. The van der Waals surface area contributed by atoms with Crippen molar-refractivity contribution in [2.24, 2.45) is 0 Å². The first-order chi connectivity index (χ1) is 11.4. The van der Waals surface area contributed by atoms with Crippen molar-refractivity contribution in [2.75, 3.05) is 0 Å². The normalized spacial score (nSPS) is 18.0. The molecule has 24 heavy (non-hydrogen) atoms. The minimum atomic E-state index is -3.85. The smallest absolute Gasteiger partial charge is 0.238 e. The van der Waals surface area contributed by atoms with E-state index in [9.17, 15) is 17.6 Å². The van der Waals surface area contributed by atoms with Crippen molar-refractivity contribution in [1.29, 1.82) is 0 Å². The molecule has 2 aromatic carbocycles. The lowest BCUT2D eigenvalue weighted by Gasteiger charge is -2.18. The van der Waals surface area contributed by atoms with Crippen molar-refractivity contribution < 1.29 is 17.6 Å². The molecule has 2 aromatic rings. The summed E-state index contributed by atoms with van der Waals surface area (Å²) in [4.78, 5) is 12.4. The van der Waals surface area contributed by atoms with Crippen molar-refractivity contribution in [3.8, 4) is 0 Å². The van der Waals surface area contributed by atoms with Crippen LogP contribution in [-0.4, -0.2) is 19.6 Å². The van der Waals surface area contributed by atoms with Crippen LogP contribution in [0.3, 0.4) is 0 Å². The van der Waals surface area contributed by atoms with Gasteiger partial charge in [0.25, 0.3) is 0 Å². The van der Waals surface area contributed by atoms with Crippen molar-refractivity contribution in [3.05, 3.63) is 65.5 Å². The number of fused-ring (bicyclic) bond motifs is 1. The Morgan fingerprint density at radius 2 is 1.83 bits per heavy atom. The lowest BCUT2D eigenvalue weighted by Crippen LogP contribution is -2.39. The highest BCUT2D eigenvalue weighted by molar-refractivity contribution is 7.92. The van der Waals surface area contributed by atoms with Crippen molar-refractivity contribution in [1.82, 2.24) is 5.32 Å². The first-order valence-corrected chi connectivity index (χ1v) is 9.32.